The summed E-state index contributed by atoms with van der Waals surface area (Å²) in [5.74, 6) is 6.21. The smallest absolute Gasteiger partial charge is 0.0631 e. The Bertz CT molecular complexity index is 304. The van der Waals surface area contributed by atoms with Gasteiger partial charge in [-0.1, -0.05) is 13.8 Å². The van der Waals surface area contributed by atoms with Crippen molar-refractivity contribution in [3.63, 3.8) is 0 Å². The van der Waals surface area contributed by atoms with E-state index in [0.717, 1.165) is 18.7 Å². The molecule has 15 heavy (non-hydrogen) atoms. The minimum absolute atomic E-state index is 0.200. The van der Waals surface area contributed by atoms with Crippen molar-refractivity contribution in [1.82, 2.24) is 15.2 Å². The Balaban J connectivity index is 2.89. The van der Waals surface area contributed by atoms with E-state index in [0.29, 0.717) is 5.92 Å². The van der Waals surface area contributed by atoms with Crippen LogP contribution in [0.2, 0.25) is 0 Å². The van der Waals surface area contributed by atoms with Gasteiger partial charge in [-0.3, -0.25) is 16.0 Å². The summed E-state index contributed by atoms with van der Waals surface area (Å²) in [5.41, 5.74) is 5.11. The van der Waals surface area contributed by atoms with Gasteiger partial charge >= 0.3 is 0 Å². The number of hydrogen-bond donors (Lipinski definition) is 2. The summed E-state index contributed by atoms with van der Waals surface area (Å²) in [6.07, 6.45) is 1.03. The van der Waals surface area contributed by atoms with Crippen molar-refractivity contribution >= 4 is 0 Å². The number of nitrogens with two attached hydrogens (primary N) is 1. The van der Waals surface area contributed by atoms with Crippen LogP contribution in [-0.2, 0) is 6.54 Å². The Morgan fingerprint density at radius 1 is 1.53 bits per heavy atom. The summed E-state index contributed by atoms with van der Waals surface area (Å²) in [7, 11) is 0. The second kappa shape index (κ2) is 5.28. The van der Waals surface area contributed by atoms with Crippen molar-refractivity contribution < 1.29 is 0 Å². The molecule has 3 N–H and O–H groups in total. The van der Waals surface area contributed by atoms with Crippen LogP contribution in [0.1, 0.15) is 44.6 Å². The molecule has 0 aliphatic carbocycles. The summed E-state index contributed by atoms with van der Waals surface area (Å²) in [5, 5.41) is 4.43. The SMILES string of the molecule is CCn1nc(C)cc1C(CC(C)C)NN. The predicted octanol–water partition coefficient (Wildman–Crippen LogP) is 1.76. The molecule has 4 heteroatoms. The minimum Gasteiger partial charge on any atom is -0.271 e. The van der Waals surface area contributed by atoms with Crippen molar-refractivity contribution in [2.45, 2.75) is 46.7 Å². The number of aromatic nitrogens is 2. The largest absolute Gasteiger partial charge is 0.271 e. The highest BCUT2D eigenvalue weighted by atomic mass is 15.3. The molecule has 0 radical (unpaired) electrons. The van der Waals surface area contributed by atoms with Gasteiger partial charge in [-0.15, -0.1) is 0 Å². The first-order valence-electron chi connectivity index (χ1n) is 5.59. The quantitative estimate of drug-likeness (QED) is 0.575. The monoisotopic (exact) mass is 210 g/mol. The van der Waals surface area contributed by atoms with Gasteiger partial charge in [0.2, 0.25) is 0 Å². The average molecular weight is 210 g/mol. The van der Waals surface area contributed by atoms with Crippen LogP contribution in [-0.4, -0.2) is 9.78 Å². The first-order valence-corrected chi connectivity index (χ1v) is 5.59. The van der Waals surface area contributed by atoms with Crippen LogP contribution in [0, 0.1) is 12.8 Å². The molecule has 1 atom stereocenters. The third-order valence-corrected chi connectivity index (χ3v) is 2.50. The highest BCUT2D eigenvalue weighted by Gasteiger charge is 2.16. The molecule has 0 aliphatic heterocycles. The lowest BCUT2D eigenvalue weighted by molar-refractivity contribution is 0.410. The highest BCUT2D eigenvalue weighted by molar-refractivity contribution is 5.13. The predicted molar refractivity (Wildman–Crippen MR) is 62.2 cm³/mol. The van der Waals surface area contributed by atoms with Gasteiger partial charge in [0.15, 0.2) is 0 Å². The maximum Gasteiger partial charge on any atom is 0.0631 e. The van der Waals surface area contributed by atoms with Gasteiger partial charge in [-0.05, 0) is 32.3 Å². The number of nitrogens with zero attached hydrogens (tertiary/aromatic N) is 2. The van der Waals surface area contributed by atoms with E-state index < -0.39 is 0 Å². The maximum absolute atomic E-state index is 5.59. The molecule has 1 unspecified atom stereocenters. The lowest BCUT2D eigenvalue weighted by atomic mass is 10.0. The molecule has 1 aromatic heterocycles. The molecule has 4 nitrogen and oxygen atoms in total. The van der Waals surface area contributed by atoms with Crippen molar-refractivity contribution in [2.75, 3.05) is 0 Å². The van der Waals surface area contributed by atoms with Gasteiger partial charge in [0.25, 0.3) is 0 Å². The number of rotatable bonds is 5. The third-order valence-electron chi connectivity index (χ3n) is 2.50. The van der Waals surface area contributed by atoms with Crippen LogP contribution >= 0.6 is 0 Å². The second-order valence-electron chi connectivity index (χ2n) is 4.38. The van der Waals surface area contributed by atoms with E-state index in [1.165, 1.54) is 5.69 Å². The summed E-state index contributed by atoms with van der Waals surface area (Å²) in [6.45, 7) is 9.39. The molecule has 86 valence electrons. The molecule has 0 aliphatic rings. The summed E-state index contributed by atoms with van der Waals surface area (Å²) >= 11 is 0. The van der Waals surface area contributed by atoms with E-state index in [9.17, 15) is 0 Å². The Morgan fingerprint density at radius 2 is 2.20 bits per heavy atom. The molecule has 1 rings (SSSR count). The Morgan fingerprint density at radius 3 is 2.67 bits per heavy atom. The molecule has 1 heterocycles. The van der Waals surface area contributed by atoms with E-state index in [1.54, 1.807) is 0 Å². The van der Waals surface area contributed by atoms with Crippen LogP contribution < -0.4 is 11.3 Å². The van der Waals surface area contributed by atoms with Crippen LogP contribution in [0.3, 0.4) is 0 Å². The van der Waals surface area contributed by atoms with E-state index in [1.807, 2.05) is 11.6 Å². The molecular formula is C11H22N4. The maximum atomic E-state index is 5.59. The van der Waals surface area contributed by atoms with Crippen LogP contribution in [0.15, 0.2) is 6.07 Å². The first-order chi connectivity index (χ1) is 7.08. The zero-order chi connectivity index (χ0) is 11.4. The molecule has 0 fully saturated rings. The fraction of sp³-hybridized carbons (Fsp3) is 0.727. The van der Waals surface area contributed by atoms with Gasteiger partial charge < -0.3 is 0 Å². The molecule has 0 saturated heterocycles. The van der Waals surface area contributed by atoms with Crippen molar-refractivity contribution in [3.05, 3.63) is 17.5 Å². The minimum atomic E-state index is 0.200. The van der Waals surface area contributed by atoms with E-state index in [4.69, 9.17) is 5.84 Å². The number of aryl methyl sites for hydroxylation is 2. The third kappa shape index (κ3) is 3.04. The fourth-order valence-corrected chi connectivity index (χ4v) is 1.84. The zero-order valence-electron chi connectivity index (χ0n) is 10.1. The summed E-state index contributed by atoms with van der Waals surface area (Å²) in [4.78, 5) is 0. The highest BCUT2D eigenvalue weighted by Crippen LogP contribution is 2.21. The van der Waals surface area contributed by atoms with Crippen molar-refractivity contribution in [3.8, 4) is 0 Å². The van der Waals surface area contributed by atoms with Crippen molar-refractivity contribution in [1.29, 1.82) is 0 Å². The topological polar surface area (TPSA) is 55.9 Å². The Kier molecular flexibility index (Phi) is 4.29. The van der Waals surface area contributed by atoms with E-state index in [-0.39, 0.29) is 6.04 Å². The zero-order valence-corrected chi connectivity index (χ0v) is 10.1. The van der Waals surface area contributed by atoms with E-state index in [2.05, 4.69) is 37.4 Å². The Labute approximate surface area is 91.8 Å². The number of nitrogens with one attached hydrogen (secondary N) is 1. The molecule has 0 spiro atoms. The molecule has 0 saturated carbocycles. The number of hydrazine groups is 1. The van der Waals surface area contributed by atoms with E-state index >= 15 is 0 Å². The summed E-state index contributed by atoms with van der Waals surface area (Å²) in [6, 6.07) is 2.31. The van der Waals surface area contributed by atoms with Gasteiger partial charge in [-0.2, -0.15) is 5.10 Å². The lowest BCUT2D eigenvalue weighted by Crippen LogP contribution is -2.30. The van der Waals surface area contributed by atoms with Crippen molar-refractivity contribution in [2.24, 2.45) is 11.8 Å². The van der Waals surface area contributed by atoms with Crippen LogP contribution in [0.4, 0.5) is 0 Å². The average Bonchev–Trinajstić information content (AvgIpc) is 2.55. The lowest BCUT2D eigenvalue weighted by Gasteiger charge is -2.18. The van der Waals surface area contributed by atoms with Crippen LogP contribution in [0.5, 0.6) is 0 Å². The fourth-order valence-electron chi connectivity index (χ4n) is 1.84. The molecule has 0 bridgehead atoms. The van der Waals surface area contributed by atoms with Gasteiger partial charge in [0, 0.05) is 6.54 Å². The Hall–Kier alpha value is -0.870. The standard InChI is InChI=1S/C11H22N4/c1-5-15-11(7-9(4)14-15)10(13-12)6-8(2)3/h7-8,10,13H,5-6,12H2,1-4H3. The normalized spacial score (nSPS) is 13.5. The number of hydrogen-bond acceptors (Lipinski definition) is 3. The summed E-state index contributed by atoms with van der Waals surface area (Å²) < 4.78 is 2.02. The van der Waals surface area contributed by atoms with Gasteiger partial charge in [0.1, 0.15) is 0 Å². The van der Waals surface area contributed by atoms with Crippen LogP contribution in [0.25, 0.3) is 0 Å². The van der Waals surface area contributed by atoms with Gasteiger partial charge in [0.05, 0.1) is 17.4 Å². The molecule has 0 amide bonds. The first kappa shape index (κ1) is 12.2. The molecular weight excluding hydrogens is 188 g/mol. The molecule has 0 aromatic carbocycles. The second-order valence-corrected chi connectivity index (χ2v) is 4.38. The molecule has 1 aromatic rings. The van der Waals surface area contributed by atoms with Gasteiger partial charge in [-0.25, -0.2) is 0 Å².